The lowest BCUT2D eigenvalue weighted by Crippen LogP contribution is -2.36. The first kappa shape index (κ1) is 19.2. The number of nitrogens with one attached hydrogen (secondary N) is 1. The maximum Gasteiger partial charge on any atom is 0.229 e. The topological polar surface area (TPSA) is 49.4 Å². The van der Waals surface area contributed by atoms with Crippen LogP contribution >= 0.6 is 0 Å². The standard InChI is InChI=1S/C23H28N2O2/c1-16-9-14-20(15-17(16)2)24-22(26)18-10-12-19(13-11-18)23(27)25(3)21-7-5-4-6-8-21/h4-9,14-15,18-19H,10-13H2,1-3H3,(H,24,26). The summed E-state index contributed by atoms with van der Waals surface area (Å²) in [4.78, 5) is 27.1. The monoisotopic (exact) mass is 364 g/mol. The highest BCUT2D eigenvalue weighted by Crippen LogP contribution is 2.32. The van der Waals surface area contributed by atoms with Crippen LogP contribution in [0, 0.1) is 25.7 Å². The Kier molecular flexibility index (Phi) is 5.94. The Balaban J connectivity index is 1.54. The van der Waals surface area contributed by atoms with Crippen molar-refractivity contribution in [3.05, 3.63) is 59.7 Å². The van der Waals surface area contributed by atoms with Crippen LogP contribution in [0.15, 0.2) is 48.5 Å². The highest BCUT2D eigenvalue weighted by atomic mass is 16.2. The number of hydrogen-bond acceptors (Lipinski definition) is 2. The number of benzene rings is 2. The van der Waals surface area contributed by atoms with E-state index in [1.165, 1.54) is 11.1 Å². The molecule has 0 radical (unpaired) electrons. The van der Waals surface area contributed by atoms with E-state index >= 15 is 0 Å². The molecule has 0 aliphatic heterocycles. The van der Waals surface area contributed by atoms with Crippen LogP contribution in [0.3, 0.4) is 0 Å². The number of carbonyl (C=O) groups is 2. The van der Waals surface area contributed by atoms with Gasteiger partial charge in [0.1, 0.15) is 0 Å². The van der Waals surface area contributed by atoms with Crippen molar-refractivity contribution >= 4 is 23.2 Å². The first-order valence-corrected chi connectivity index (χ1v) is 9.66. The van der Waals surface area contributed by atoms with Crippen LogP contribution in [0.2, 0.25) is 0 Å². The Bertz CT molecular complexity index is 808. The molecule has 1 fully saturated rings. The van der Waals surface area contributed by atoms with Crippen molar-refractivity contribution in [2.24, 2.45) is 11.8 Å². The van der Waals surface area contributed by atoms with Gasteiger partial charge >= 0.3 is 0 Å². The zero-order valence-electron chi connectivity index (χ0n) is 16.4. The molecule has 0 aromatic heterocycles. The van der Waals surface area contributed by atoms with E-state index < -0.39 is 0 Å². The minimum atomic E-state index is -0.0160. The van der Waals surface area contributed by atoms with Gasteiger partial charge in [-0.05, 0) is 74.9 Å². The number of anilines is 2. The van der Waals surface area contributed by atoms with Crippen LogP contribution in [-0.2, 0) is 9.59 Å². The van der Waals surface area contributed by atoms with Gasteiger partial charge in [-0.15, -0.1) is 0 Å². The smallest absolute Gasteiger partial charge is 0.229 e. The number of hydrogen-bond donors (Lipinski definition) is 1. The minimum Gasteiger partial charge on any atom is -0.326 e. The number of para-hydroxylation sites is 1. The fraction of sp³-hybridized carbons (Fsp3) is 0.391. The van der Waals surface area contributed by atoms with Crippen LogP contribution in [0.4, 0.5) is 11.4 Å². The first-order chi connectivity index (χ1) is 13.0. The van der Waals surface area contributed by atoms with Gasteiger partial charge in [0.15, 0.2) is 0 Å². The molecule has 142 valence electrons. The summed E-state index contributed by atoms with van der Waals surface area (Å²) in [5.74, 6) is 0.202. The number of rotatable bonds is 4. The summed E-state index contributed by atoms with van der Waals surface area (Å²) in [6.07, 6.45) is 3.05. The SMILES string of the molecule is Cc1ccc(NC(=O)C2CCC(C(=O)N(C)c3ccccc3)CC2)cc1C. The summed E-state index contributed by atoms with van der Waals surface area (Å²) in [5, 5.41) is 3.04. The Hall–Kier alpha value is -2.62. The highest BCUT2D eigenvalue weighted by Gasteiger charge is 2.31. The zero-order valence-corrected chi connectivity index (χ0v) is 16.4. The van der Waals surface area contributed by atoms with E-state index in [2.05, 4.69) is 12.2 Å². The molecular formula is C23H28N2O2. The lowest BCUT2D eigenvalue weighted by molar-refractivity contribution is -0.126. The lowest BCUT2D eigenvalue weighted by atomic mass is 9.81. The largest absolute Gasteiger partial charge is 0.326 e. The predicted octanol–water partition coefficient (Wildman–Crippen LogP) is 4.71. The van der Waals surface area contributed by atoms with Crippen molar-refractivity contribution < 1.29 is 9.59 Å². The maximum absolute atomic E-state index is 12.8. The van der Waals surface area contributed by atoms with Crippen molar-refractivity contribution in [1.29, 1.82) is 0 Å². The fourth-order valence-corrected chi connectivity index (χ4v) is 3.72. The molecule has 1 aliphatic rings. The van der Waals surface area contributed by atoms with Crippen molar-refractivity contribution in [2.45, 2.75) is 39.5 Å². The summed E-state index contributed by atoms with van der Waals surface area (Å²) in [7, 11) is 1.83. The average Bonchev–Trinajstić information content (AvgIpc) is 2.70. The van der Waals surface area contributed by atoms with Gasteiger partial charge in [0.05, 0.1) is 0 Å². The van der Waals surface area contributed by atoms with E-state index in [1.54, 1.807) is 4.90 Å². The summed E-state index contributed by atoms with van der Waals surface area (Å²) >= 11 is 0. The van der Waals surface area contributed by atoms with E-state index in [4.69, 9.17) is 0 Å². The summed E-state index contributed by atoms with van der Waals surface area (Å²) < 4.78 is 0. The molecular weight excluding hydrogens is 336 g/mol. The molecule has 0 spiro atoms. The Morgan fingerprint density at radius 2 is 1.52 bits per heavy atom. The van der Waals surface area contributed by atoms with Crippen LogP contribution in [0.1, 0.15) is 36.8 Å². The van der Waals surface area contributed by atoms with Gasteiger partial charge in [-0.25, -0.2) is 0 Å². The van der Waals surface area contributed by atoms with E-state index in [0.717, 1.165) is 37.1 Å². The lowest BCUT2D eigenvalue weighted by Gasteiger charge is -2.30. The highest BCUT2D eigenvalue weighted by molar-refractivity contribution is 5.95. The van der Waals surface area contributed by atoms with E-state index in [-0.39, 0.29) is 23.7 Å². The molecule has 0 atom stereocenters. The number of nitrogens with zero attached hydrogens (tertiary/aromatic N) is 1. The average molecular weight is 364 g/mol. The zero-order chi connectivity index (χ0) is 19.4. The molecule has 0 bridgehead atoms. The predicted molar refractivity (Wildman–Crippen MR) is 110 cm³/mol. The van der Waals surface area contributed by atoms with Gasteiger partial charge in [-0.3, -0.25) is 9.59 Å². The Labute approximate surface area is 161 Å². The van der Waals surface area contributed by atoms with Crippen LogP contribution in [-0.4, -0.2) is 18.9 Å². The molecule has 2 amide bonds. The van der Waals surface area contributed by atoms with Crippen molar-refractivity contribution in [2.75, 3.05) is 17.3 Å². The molecule has 2 aromatic rings. The molecule has 3 rings (SSSR count). The second-order valence-electron chi connectivity index (χ2n) is 7.57. The van der Waals surface area contributed by atoms with Crippen LogP contribution < -0.4 is 10.2 Å². The third-order valence-corrected chi connectivity index (χ3v) is 5.70. The quantitative estimate of drug-likeness (QED) is 0.854. The van der Waals surface area contributed by atoms with Crippen molar-refractivity contribution in [3.8, 4) is 0 Å². The molecule has 4 heteroatoms. The molecule has 1 N–H and O–H groups in total. The molecule has 1 aliphatic carbocycles. The van der Waals surface area contributed by atoms with Gasteiger partial charge in [0, 0.05) is 30.3 Å². The van der Waals surface area contributed by atoms with E-state index in [9.17, 15) is 9.59 Å². The second kappa shape index (κ2) is 8.38. The normalized spacial score (nSPS) is 19.4. The summed E-state index contributed by atoms with van der Waals surface area (Å²) in [6.45, 7) is 4.11. The van der Waals surface area contributed by atoms with Crippen LogP contribution in [0.25, 0.3) is 0 Å². The maximum atomic E-state index is 12.8. The van der Waals surface area contributed by atoms with Crippen molar-refractivity contribution in [3.63, 3.8) is 0 Å². The van der Waals surface area contributed by atoms with Gasteiger partial charge in [-0.2, -0.15) is 0 Å². The number of amides is 2. The van der Waals surface area contributed by atoms with E-state index in [1.807, 2.05) is 62.5 Å². The first-order valence-electron chi connectivity index (χ1n) is 9.66. The minimum absolute atomic E-state index is 0.000811. The van der Waals surface area contributed by atoms with Gasteiger partial charge < -0.3 is 10.2 Å². The fourth-order valence-electron chi connectivity index (χ4n) is 3.72. The Morgan fingerprint density at radius 3 is 2.15 bits per heavy atom. The molecule has 0 saturated heterocycles. The number of carbonyl (C=O) groups excluding carboxylic acids is 2. The molecule has 2 aromatic carbocycles. The van der Waals surface area contributed by atoms with Gasteiger partial charge in [-0.1, -0.05) is 24.3 Å². The van der Waals surface area contributed by atoms with Crippen molar-refractivity contribution in [1.82, 2.24) is 0 Å². The molecule has 0 unspecified atom stereocenters. The van der Waals surface area contributed by atoms with Crippen LogP contribution in [0.5, 0.6) is 0 Å². The van der Waals surface area contributed by atoms with Gasteiger partial charge in [0.2, 0.25) is 11.8 Å². The Morgan fingerprint density at radius 1 is 0.889 bits per heavy atom. The van der Waals surface area contributed by atoms with Gasteiger partial charge in [0.25, 0.3) is 0 Å². The third kappa shape index (κ3) is 4.57. The molecule has 4 nitrogen and oxygen atoms in total. The summed E-state index contributed by atoms with van der Waals surface area (Å²) in [6, 6.07) is 15.7. The third-order valence-electron chi connectivity index (χ3n) is 5.70. The molecule has 1 saturated carbocycles. The second-order valence-corrected chi connectivity index (χ2v) is 7.57. The number of aryl methyl sites for hydroxylation is 2. The molecule has 27 heavy (non-hydrogen) atoms. The molecule has 0 heterocycles. The summed E-state index contributed by atoms with van der Waals surface area (Å²) in [5.41, 5.74) is 4.16. The van der Waals surface area contributed by atoms with E-state index in [0.29, 0.717) is 0 Å².